The summed E-state index contributed by atoms with van der Waals surface area (Å²) < 4.78 is 34.1. The number of para-hydroxylation sites is 3. The van der Waals surface area contributed by atoms with Crippen LogP contribution in [0.3, 0.4) is 0 Å². The Labute approximate surface area is 212 Å². The average Bonchev–Trinajstić information content (AvgIpc) is 2.83. The van der Waals surface area contributed by atoms with E-state index in [0.717, 1.165) is 9.87 Å². The Balaban J connectivity index is 1.98. The van der Waals surface area contributed by atoms with E-state index in [-0.39, 0.29) is 33.8 Å². The molecule has 0 saturated heterocycles. The Hall–Kier alpha value is -3.85. The standard InChI is InChI=1S/C27H31N3O5S/c1-5-35-25-13-9-8-12-24(25)30(36(33,34)21-16-14-20(4)15-17-21)18-26(31)29-23-11-7-6-10-22(23)27(32)28-19(2)3/h6-17,19H,5,18H2,1-4H3,(H,28,32)(H,29,31). The number of carbonyl (C=O) groups excluding carboxylic acids is 2. The van der Waals surface area contributed by atoms with Crippen molar-refractivity contribution >= 4 is 33.2 Å². The lowest BCUT2D eigenvalue weighted by Gasteiger charge is -2.26. The summed E-state index contributed by atoms with van der Waals surface area (Å²) in [5.74, 6) is -0.617. The lowest BCUT2D eigenvalue weighted by Crippen LogP contribution is -2.39. The molecular weight excluding hydrogens is 478 g/mol. The Morgan fingerprint density at radius 2 is 1.58 bits per heavy atom. The molecule has 9 heteroatoms. The van der Waals surface area contributed by atoms with E-state index < -0.39 is 22.5 Å². The topological polar surface area (TPSA) is 105 Å². The molecule has 0 atom stereocenters. The number of amides is 2. The van der Waals surface area contributed by atoms with Crippen molar-refractivity contribution in [2.75, 3.05) is 22.8 Å². The summed E-state index contributed by atoms with van der Waals surface area (Å²) in [6.07, 6.45) is 0. The first-order valence-electron chi connectivity index (χ1n) is 11.6. The summed E-state index contributed by atoms with van der Waals surface area (Å²) in [7, 11) is -4.13. The van der Waals surface area contributed by atoms with Crippen LogP contribution in [-0.4, -0.2) is 39.4 Å². The smallest absolute Gasteiger partial charge is 0.264 e. The molecule has 3 aromatic carbocycles. The third kappa shape index (κ3) is 6.42. The van der Waals surface area contributed by atoms with Gasteiger partial charge in [-0.3, -0.25) is 13.9 Å². The first kappa shape index (κ1) is 26.7. The minimum Gasteiger partial charge on any atom is -0.492 e. The third-order valence-electron chi connectivity index (χ3n) is 5.20. The van der Waals surface area contributed by atoms with Crippen molar-refractivity contribution in [2.24, 2.45) is 0 Å². The van der Waals surface area contributed by atoms with Gasteiger partial charge >= 0.3 is 0 Å². The molecule has 0 aliphatic heterocycles. The van der Waals surface area contributed by atoms with Crippen LogP contribution in [0.5, 0.6) is 5.75 Å². The van der Waals surface area contributed by atoms with Gasteiger partial charge in [0.1, 0.15) is 12.3 Å². The van der Waals surface area contributed by atoms with Gasteiger partial charge in [-0.1, -0.05) is 42.0 Å². The first-order chi connectivity index (χ1) is 17.1. The second-order valence-corrected chi connectivity index (χ2v) is 10.3. The van der Waals surface area contributed by atoms with Crippen molar-refractivity contribution in [1.82, 2.24) is 5.32 Å². The van der Waals surface area contributed by atoms with Crippen molar-refractivity contribution in [2.45, 2.75) is 38.6 Å². The van der Waals surface area contributed by atoms with Gasteiger partial charge in [0, 0.05) is 6.04 Å². The zero-order valence-electron chi connectivity index (χ0n) is 20.8. The molecule has 2 amide bonds. The third-order valence-corrected chi connectivity index (χ3v) is 6.97. The van der Waals surface area contributed by atoms with E-state index in [1.165, 1.54) is 12.1 Å². The lowest BCUT2D eigenvalue weighted by atomic mass is 10.1. The fourth-order valence-electron chi connectivity index (χ4n) is 3.53. The summed E-state index contributed by atoms with van der Waals surface area (Å²) in [6.45, 7) is 7.12. The number of carbonyl (C=O) groups is 2. The van der Waals surface area contributed by atoms with Gasteiger partial charge in [-0.2, -0.15) is 0 Å². The molecule has 0 fully saturated rings. The molecule has 3 aromatic rings. The normalized spacial score (nSPS) is 11.1. The lowest BCUT2D eigenvalue weighted by molar-refractivity contribution is -0.114. The number of sulfonamides is 1. The van der Waals surface area contributed by atoms with Crippen molar-refractivity contribution in [1.29, 1.82) is 0 Å². The van der Waals surface area contributed by atoms with Gasteiger partial charge in [-0.15, -0.1) is 0 Å². The number of nitrogens with one attached hydrogen (secondary N) is 2. The van der Waals surface area contributed by atoms with E-state index in [0.29, 0.717) is 12.4 Å². The number of rotatable bonds is 10. The van der Waals surface area contributed by atoms with Gasteiger partial charge in [0.05, 0.1) is 28.4 Å². The van der Waals surface area contributed by atoms with Crippen molar-refractivity contribution in [3.8, 4) is 5.75 Å². The van der Waals surface area contributed by atoms with E-state index in [9.17, 15) is 18.0 Å². The first-order valence-corrected chi connectivity index (χ1v) is 13.1. The molecule has 190 valence electrons. The molecule has 0 unspecified atom stereocenters. The maximum Gasteiger partial charge on any atom is 0.264 e. The van der Waals surface area contributed by atoms with Gasteiger partial charge in [0.25, 0.3) is 15.9 Å². The van der Waals surface area contributed by atoms with Crippen LogP contribution in [0.4, 0.5) is 11.4 Å². The quantitative estimate of drug-likeness (QED) is 0.422. The number of benzene rings is 3. The van der Waals surface area contributed by atoms with Crippen LogP contribution >= 0.6 is 0 Å². The zero-order chi connectivity index (χ0) is 26.3. The van der Waals surface area contributed by atoms with Gasteiger partial charge in [-0.25, -0.2) is 8.42 Å². The van der Waals surface area contributed by atoms with Crippen molar-refractivity contribution in [3.63, 3.8) is 0 Å². The predicted molar refractivity (Wildman–Crippen MR) is 141 cm³/mol. The highest BCUT2D eigenvalue weighted by atomic mass is 32.2. The number of hydrogen-bond acceptors (Lipinski definition) is 5. The molecule has 0 aliphatic rings. The molecule has 0 aromatic heterocycles. The Bertz CT molecular complexity index is 1320. The van der Waals surface area contributed by atoms with Crippen LogP contribution in [0.25, 0.3) is 0 Å². The average molecular weight is 510 g/mol. The summed E-state index contributed by atoms with van der Waals surface area (Å²) in [4.78, 5) is 25.9. The summed E-state index contributed by atoms with van der Waals surface area (Å²) in [6, 6.07) is 19.5. The fourth-order valence-corrected chi connectivity index (χ4v) is 4.96. The number of anilines is 2. The highest BCUT2D eigenvalue weighted by molar-refractivity contribution is 7.92. The fraction of sp³-hybridized carbons (Fsp3) is 0.259. The molecule has 36 heavy (non-hydrogen) atoms. The molecule has 8 nitrogen and oxygen atoms in total. The van der Waals surface area contributed by atoms with E-state index in [1.54, 1.807) is 67.6 Å². The highest BCUT2D eigenvalue weighted by Crippen LogP contribution is 2.32. The van der Waals surface area contributed by atoms with E-state index in [1.807, 2.05) is 20.8 Å². The summed E-state index contributed by atoms with van der Waals surface area (Å²) in [5, 5.41) is 5.50. The maximum atomic E-state index is 13.7. The number of ether oxygens (including phenoxy) is 1. The highest BCUT2D eigenvalue weighted by Gasteiger charge is 2.29. The molecule has 3 rings (SSSR count). The minimum absolute atomic E-state index is 0.0453. The van der Waals surface area contributed by atoms with E-state index >= 15 is 0 Å². The summed E-state index contributed by atoms with van der Waals surface area (Å²) in [5.41, 5.74) is 1.71. The van der Waals surface area contributed by atoms with Crippen LogP contribution in [0.2, 0.25) is 0 Å². The van der Waals surface area contributed by atoms with E-state index in [4.69, 9.17) is 4.74 Å². The Kier molecular flexibility index (Phi) is 8.71. The molecular formula is C27H31N3O5S. The van der Waals surface area contributed by atoms with Gasteiger partial charge in [0.15, 0.2) is 0 Å². The largest absolute Gasteiger partial charge is 0.492 e. The second-order valence-electron chi connectivity index (χ2n) is 8.45. The Morgan fingerprint density at radius 3 is 2.25 bits per heavy atom. The Morgan fingerprint density at radius 1 is 0.944 bits per heavy atom. The second kappa shape index (κ2) is 11.7. The predicted octanol–water partition coefficient (Wildman–Crippen LogP) is 4.37. The minimum atomic E-state index is -4.13. The molecule has 0 bridgehead atoms. The SMILES string of the molecule is CCOc1ccccc1N(CC(=O)Nc1ccccc1C(=O)NC(C)C)S(=O)(=O)c1ccc(C)cc1. The van der Waals surface area contributed by atoms with Crippen molar-refractivity contribution < 1.29 is 22.7 Å². The molecule has 0 spiro atoms. The number of nitrogens with zero attached hydrogens (tertiary/aromatic N) is 1. The van der Waals surface area contributed by atoms with Crippen molar-refractivity contribution in [3.05, 3.63) is 83.9 Å². The van der Waals surface area contributed by atoms with Crippen LogP contribution in [0, 0.1) is 6.92 Å². The molecule has 0 heterocycles. The monoisotopic (exact) mass is 509 g/mol. The number of hydrogen-bond donors (Lipinski definition) is 2. The zero-order valence-corrected chi connectivity index (χ0v) is 21.6. The van der Waals surface area contributed by atoms with Crippen LogP contribution in [0.1, 0.15) is 36.7 Å². The van der Waals surface area contributed by atoms with Crippen LogP contribution in [0.15, 0.2) is 77.7 Å². The molecule has 0 radical (unpaired) electrons. The van der Waals surface area contributed by atoms with Gasteiger partial charge in [-0.05, 0) is 64.1 Å². The van der Waals surface area contributed by atoms with Gasteiger partial charge < -0.3 is 15.4 Å². The molecule has 2 N–H and O–H groups in total. The summed E-state index contributed by atoms with van der Waals surface area (Å²) >= 11 is 0. The molecule has 0 aliphatic carbocycles. The van der Waals surface area contributed by atoms with Gasteiger partial charge in [0.2, 0.25) is 5.91 Å². The van der Waals surface area contributed by atoms with Crippen LogP contribution in [-0.2, 0) is 14.8 Å². The van der Waals surface area contributed by atoms with Crippen LogP contribution < -0.4 is 19.7 Å². The number of aryl methyl sites for hydroxylation is 1. The molecule has 0 saturated carbocycles. The van der Waals surface area contributed by atoms with E-state index in [2.05, 4.69) is 10.6 Å². The maximum absolute atomic E-state index is 13.7.